The van der Waals surface area contributed by atoms with Crippen molar-refractivity contribution in [3.63, 3.8) is 0 Å². The van der Waals surface area contributed by atoms with Crippen LogP contribution in [0.25, 0.3) is 0 Å². The van der Waals surface area contributed by atoms with Crippen LogP contribution in [-0.4, -0.2) is 12.5 Å². The summed E-state index contributed by atoms with van der Waals surface area (Å²) in [5.74, 6) is -0.642. The third-order valence-corrected chi connectivity index (χ3v) is 3.41. The number of hydrogen-bond donors (Lipinski definition) is 1. The van der Waals surface area contributed by atoms with Crippen LogP contribution in [-0.2, 0) is 0 Å². The smallest absolute Gasteiger partial charge is 0.387 e. The van der Waals surface area contributed by atoms with E-state index >= 15 is 0 Å². The monoisotopic (exact) mass is 389 g/mol. The zero-order chi connectivity index (χ0) is 14.5. The first-order chi connectivity index (χ1) is 9.58. The minimum Gasteiger partial charge on any atom is -0.434 e. The van der Waals surface area contributed by atoms with Gasteiger partial charge in [0.2, 0.25) is 0 Å². The van der Waals surface area contributed by atoms with Crippen LogP contribution in [0.4, 0.5) is 14.5 Å². The standard InChI is InChI=1S/C14H10F2INO2/c15-14(16)20-12-8-4-1-5-9(12)13(19)18-11-7-3-2-6-10(11)17/h1-8,14H,(H,18,19). The van der Waals surface area contributed by atoms with Crippen molar-refractivity contribution >= 4 is 34.2 Å². The van der Waals surface area contributed by atoms with E-state index in [9.17, 15) is 13.6 Å². The maximum atomic E-state index is 12.3. The number of anilines is 1. The van der Waals surface area contributed by atoms with Gasteiger partial charge < -0.3 is 10.1 Å². The maximum absolute atomic E-state index is 12.3. The molecule has 20 heavy (non-hydrogen) atoms. The molecule has 1 N–H and O–H groups in total. The Bertz CT molecular complexity index is 620. The van der Waals surface area contributed by atoms with Crippen molar-refractivity contribution in [1.82, 2.24) is 0 Å². The van der Waals surface area contributed by atoms with Crippen molar-refractivity contribution in [3.05, 3.63) is 57.7 Å². The van der Waals surface area contributed by atoms with Gasteiger partial charge in [0.15, 0.2) is 0 Å². The number of alkyl halides is 2. The highest BCUT2D eigenvalue weighted by Crippen LogP contribution is 2.23. The predicted molar refractivity (Wildman–Crippen MR) is 80.2 cm³/mol. The van der Waals surface area contributed by atoms with Gasteiger partial charge in [-0.1, -0.05) is 24.3 Å². The molecule has 0 atom stereocenters. The lowest BCUT2D eigenvalue weighted by molar-refractivity contribution is -0.0501. The average molecular weight is 389 g/mol. The fourth-order valence-electron chi connectivity index (χ4n) is 1.61. The van der Waals surface area contributed by atoms with Gasteiger partial charge in [-0.25, -0.2) is 0 Å². The summed E-state index contributed by atoms with van der Waals surface area (Å²) in [5.41, 5.74) is 0.678. The second-order valence-electron chi connectivity index (χ2n) is 3.81. The second-order valence-corrected chi connectivity index (χ2v) is 4.97. The molecule has 2 aromatic carbocycles. The van der Waals surface area contributed by atoms with E-state index in [-0.39, 0.29) is 11.3 Å². The van der Waals surface area contributed by atoms with Crippen LogP contribution in [0.3, 0.4) is 0 Å². The summed E-state index contributed by atoms with van der Waals surface area (Å²) in [7, 11) is 0. The van der Waals surface area contributed by atoms with Gasteiger partial charge in [-0.2, -0.15) is 8.78 Å². The second kappa shape index (κ2) is 6.65. The summed E-state index contributed by atoms with van der Waals surface area (Å²) in [5, 5.41) is 2.67. The number of carbonyl (C=O) groups excluding carboxylic acids is 1. The molecule has 0 saturated heterocycles. The number of hydrogen-bond acceptors (Lipinski definition) is 2. The largest absolute Gasteiger partial charge is 0.434 e. The van der Waals surface area contributed by atoms with E-state index in [0.29, 0.717) is 5.69 Å². The Morgan fingerprint density at radius 3 is 2.45 bits per heavy atom. The summed E-state index contributed by atoms with van der Waals surface area (Å²) < 4.78 is 29.8. The Labute approximate surface area is 128 Å². The van der Waals surface area contributed by atoms with Crippen LogP contribution in [0.15, 0.2) is 48.5 Å². The first kappa shape index (κ1) is 14.7. The minimum atomic E-state index is -2.97. The normalized spacial score (nSPS) is 10.4. The molecule has 0 heterocycles. The zero-order valence-electron chi connectivity index (χ0n) is 10.1. The van der Waals surface area contributed by atoms with Crippen LogP contribution in [0.5, 0.6) is 5.75 Å². The number of benzene rings is 2. The van der Waals surface area contributed by atoms with Crippen LogP contribution in [0, 0.1) is 3.57 Å². The SMILES string of the molecule is O=C(Nc1ccccc1I)c1ccccc1OC(F)F. The van der Waals surface area contributed by atoms with Gasteiger partial charge in [-0.05, 0) is 46.9 Å². The Morgan fingerprint density at radius 2 is 1.75 bits per heavy atom. The molecule has 0 radical (unpaired) electrons. The van der Waals surface area contributed by atoms with E-state index in [4.69, 9.17) is 0 Å². The molecule has 6 heteroatoms. The molecule has 2 aromatic rings. The summed E-state index contributed by atoms with van der Waals surface area (Å²) in [6.07, 6.45) is 0. The molecular weight excluding hydrogens is 379 g/mol. The van der Waals surface area contributed by atoms with E-state index < -0.39 is 12.5 Å². The summed E-state index contributed by atoms with van der Waals surface area (Å²) in [6.45, 7) is -2.97. The van der Waals surface area contributed by atoms with Gasteiger partial charge in [0.1, 0.15) is 5.75 Å². The fraction of sp³-hybridized carbons (Fsp3) is 0.0714. The third kappa shape index (κ3) is 3.66. The molecule has 0 spiro atoms. The molecule has 0 fully saturated rings. The Balaban J connectivity index is 2.23. The highest BCUT2D eigenvalue weighted by Gasteiger charge is 2.15. The van der Waals surface area contributed by atoms with Gasteiger partial charge in [0.25, 0.3) is 5.91 Å². The molecule has 1 amide bonds. The van der Waals surface area contributed by atoms with Crippen molar-refractivity contribution in [2.45, 2.75) is 6.61 Å². The number of amides is 1. The molecule has 0 aliphatic carbocycles. The molecule has 0 aliphatic heterocycles. The third-order valence-electron chi connectivity index (χ3n) is 2.47. The van der Waals surface area contributed by atoms with Crippen molar-refractivity contribution in [2.24, 2.45) is 0 Å². The lowest BCUT2D eigenvalue weighted by Gasteiger charge is -2.11. The van der Waals surface area contributed by atoms with Gasteiger partial charge >= 0.3 is 6.61 Å². The van der Waals surface area contributed by atoms with Crippen LogP contribution < -0.4 is 10.1 Å². The van der Waals surface area contributed by atoms with E-state index in [1.807, 2.05) is 12.1 Å². The zero-order valence-corrected chi connectivity index (χ0v) is 12.3. The average Bonchev–Trinajstić information content (AvgIpc) is 2.41. The summed E-state index contributed by atoms with van der Waals surface area (Å²) >= 11 is 2.08. The Kier molecular flexibility index (Phi) is 4.89. The van der Waals surface area contributed by atoms with Crippen molar-refractivity contribution < 1.29 is 18.3 Å². The molecule has 0 unspecified atom stereocenters. The lowest BCUT2D eigenvalue weighted by Crippen LogP contribution is -2.15. The Morgan fingerprint density at radius 1 is 1.10 bits per heavy atom. The number of rotatable bonds is 4. The first-order valence-corrected chi connectivity index (χ1v) is 6.75. The van der Waals surface area contributed by atoms with Crippen LogP contribution >= 0.6 is 22.6 Å². The molecule has 0 bridgehead atoms. The van der Waals surface area contributed by atoms with E-state index in [1.54, 1.807) is 18.2 Å². The molecule has 2 rings (SSSR count). The highest BCUT2D eigenvalue weighted by atomic mass is 127. The van der Waals surface area contributed by atoms with E-state index in [2.05, 4.69) is 32.6 Å². The number of nitrogens with one attached hydrogen (secondary N) is 1. The molecule has 0 aromatic heterocycles. The van der Waals surface area contributed by atoms with Crippen molar-refractivity contribution in [1.29, 1.82) is 0 Å². The van der Waals surface area contributed by atoms with E-state index in [0.717, 1.165) is 3.57 Å². The molecule has 0 aliphatic rings. The number of ether oxygens (including phenoxy) is 1. The van der Waals surface area contributed by atoms with Crippen molar-refractivity contribution in [3.8, 4) is 5.75 Å². The summed E-state index contributed by atoms with van der Waals surface area (Å²) in [6, 6.07) is 13.1. The Hall–Kier alpha value is -1.70. The summed E-state index contributed by atoms with van der Waals surface area (Å²) in [4.78, 5) is 12.1. The first-order valence-electron chi connectivity index (χ1n) is 5.67. The fourth-order valence-corrected chi connectivity index (χ4v) is 2.13. The molecule has 0 saturated carbocycles. The molecule has 104 valence electrons. The predicted octanol–water partition coefficient (Wildman–Crippen LogP) is 4.14. The van der Waals surface area contributed by atoms with Crippen LogP contribution in [0.2, 0.25) is 0 Å². The van der Waals surface area contributed by atoms with Crippen LogP contribution in [0.1, 0.15) is 10.4 Å². The van der Waals surface area contributed by atoms with E-state index in [1.165, 1.54) is 18.2 Å². The number of halogens is 3. The number of carbonyl (C=O) groups is 1. The van der Waals surface area contributed by atoms with Gasteiger partial charge in [0, 0.05) is 3.57 Å². The lowest BCUT2D eigenvalue weighted by atomic mass is 10.2. The van der Waals surface area contributed by atoms with Gasteiger partial charge in [-0.3, -0.25) is 4.79 Å². The van der Waals surface area contributed by atoms with Gasteiger partial charge in [-0.15, -0.1) is 0 Å². The molecule has 3 nitrogen and oxygen atoms in total. The minimum absolute atomic E-state index is 0.0625. The molecular formula is C14H10F2INO2. The highest BCUT2D eigenvalue weighted by molar-refractivity contribution is 14.1. The number of para-hydroxylation sites is 2. The van der Waals surface area contributed by atoms with Crippen molar-refractivity contribution in [2.75, 3.05) is 5.32 Å². The maximum Gasteiger partial charge on any atom is 0.387 e. The van der Waals surface area contributed by atoms with Gasteiger partial charge in [0.05, 0.1) is 11.3 Å². The topological polar surface area (TPSA) is 38.3 Å². The quantitative estimate of drug-likeness (QED) is 0.799.